The van der Waals surface area contributed by atoms with Crippen LogP contribution in [0.15, 0.2) is 12.1 Å². The highest BCUT2D eigenvalue weighted by molar-refractivity contribution is 5.49. The summed E-state index contributed by atoms with van der Waals surface area (Å²) in [7, 11) is 3.29. The van der Waals surface area contributed by atoms with E-state index in [4.69, 9.17) is 14.7 Å². The number of hydrogen-bond donors (Lipinski definition) is 0. The summed E-state index contributed by atoms with van der Waals surface area (Å²) >= 11 is 0. The summed E-state index contributed by atoms with van der Waals surface area (Å²) in [5.41, 5.74) is 2.52. The van der Waals surface area contributed by atoms with E-state index >= 15 is 0 Å². The number of nitriles is 1. The van der Waals surface area contributed by atoms with E-state index in [1.807, 2.05) is 12.1 Å². The van der Waals surface area contributed by atoms with E-state index in [9.17, 15) is 0 Å². The second-order valence-electron chi connectivity index (χ2n) is 4.46. The van der Waals surface area contributed by atoms with Crippen molar-refractivity contribution in [3.05, 3.63) is 23.3 Å². The lowest BCUT2D eigenvalue weighted by molar-refractivity contribution is 0.222. The third-order valence-electron chi connectivity index (χ3n) is 3.59. The summed E-state index contributed by atoms with van der Waals surface area (Å²) in [5.74, 6) is 1.53. The second-order valence-corrected chi connectivity index (χ2v) is 4.46. The van der Waals surface area contributed by atoms with E-state index in [-0.39, 0.29) is 6.04 Å². The van der Waals surface area contributed by atoms with Crippen LogP contribution in [0.2, 0.25) is 0 Å². The third-order valence-corrected chi connectivity index (χ3v) is 3.59. The fraction of sp³-hybridized carbons (Fsp3) is 0.500. The van der Waals surface area contributed by atoms with Crippen LogP contribution in [0.4, 0.5) is 0 Å². The Hall–Kier alpha value is -1.73. The van der Waals surface area contributed by atoms with Crippen molar-refractivity contribution in [1.29, 1.82) is 5.26 Å². The average Bonchev–Trinajstić information content (AvgIpc) is 2.41. The van der Waals surface area contributed by atoms with Crippen molar-refractivity contribution in [2.45, 2.75) is 19.4 Å². The minimum absolute atomic E-state index is 0.244. The molecule has 96 valence electrons. The molecule has 1 aliphatic heterocycles. The first-order chi connectivity index (χ1) is 8.71. The number of benzene rings is 1. The van der Waals surface area contributed by atoms with Gasteiger partial charge in [0.1, 0.15) is 0 Å². The minimum atomic E-state index is 0.244. The molecule has 4 nitrogen and oxygen atoms in total. The molecule has 0 spiro atoms. The molecule has 0 unspecified atom stereocenters. The van der Waals surface area contributed by atoms with Gasteiger partial charge in [-0.25, -0.2) is 0 Å². The van der Waals surface area contributed by atoms with Crippen LogP contribution in [0.5, 0.6) is 11.5 Å². The Bertz CT molecular complexity index is 479. The van der Waals surface area contributed by atoms with Crippen LogP contribution in [0.1, 0.15) is 24.1 Å². The first kappa shape index (κ1) is 12.7. The summed E-state index contributed by atoms with van der Waals surface area (Å²) in [6.45, 7) is 3.51. The minimum Gasteiger partial charge on any atom is -0.493 e. The molecule has 4 heteroatoms. The van der Waals surface area contributed by atoms with Crippen molar-refractivity contribution in [1.82, 2.24) is 4.90 Å². The molecule has 18 heavy (non-hydrogen) atoms. The van der Waals surface area contributed by atoms with Gasteiger partial charge in [0, 0.05) is 12.6 Å². The van der Waals surface area contributed by atoms with Crippen molar-refractivity contribution >= 4 is 0 Å². The van der Waals surface area contributed by atoms with Crippen LogP contribution >= 0.6 is 0 Å². The first-order valence-electron chi connectivity index (χ1n) is 6.07. The van der Waals surface area contributed by atoms with Crippen molar-refractivity contribution < 1.29 is 9.47 Å². The summed E-state index contributed by atoms with van der Waals surface area (Å²) in [6.07, 6.45) is 0.946. The van der Waals surface area contributed by atoms with Crippen LogP contribution in [0.3, 0.4) is 0 Å². The number of fused-ring (bicyclic) bond motifs is 1. The lowest BCUT2D eigenvalue weighted by atomic mass is 9.93. The molecule has 0 bridgehead atoms. The molecule has 0 amide bonds. The quantitative estimate of drug-likeness (QED) is 0.767. The molecule has 1 atom stereocenters. The molecule has 0 saturated heterocycles. The average molecular weight is 246 g/mol. The zero-order valence-corrected chi connectivity index (χ0v) is 11.1. The van der Waals surface area contributed by atoms with E-state index in [0.717, 1.165) is 24.5 Å². The van der Waals surface area contributed by atoms with Crippen LogP contribution in [-0.2, 0) is 6.42 Å². The molecule has 1 aliphatic rings. The number of rotatable bonds is 3. The topological polar surface area (TPSA) is 45.5 Å². The standard InChI is InChI=1S/C14H18N2O2/c1-10-12-9-14(18-3)13(17-2)8-11(12)4-6-16(10)7-5-15/h8-10H,4,6-7H2,1-3H3/t10-/m0/s1. The van der Waals surface area contributed by atoms with E-state index < -0.39 is 0 Å². The molecule has 0 saturated carbocycles. The maximum atomic E-state index is 8.83. The van der Waals surface area contributed by atoms with Gasteiger partial charge in [0.25, 0.3) is 0 Å². The third kappa shape index (κ3) is 2.14. The SMILES string of the molecule is COc1cc2c(cc1OC)[C@H](C)N(CC#N)CC2. The van der Waals surface area contributed by atoms with Crippen LogP contribution in [0, 0.1) is 11.3 Å². The molecule has 0 aromatic heterocycles. The highest BCUT2D eigenvalue weighted by Crippen LogP contribution is 2.37. The van der Waals surface area contributed by atoms with Crippen molar-refractivity contribution in [2.75, 3.05) is 27.3 Å². The smallest absolute Gasteiger partial charge is 0.161 e. The van der Waals surface area contributed by atoms with Gasteiger partial charge in [0.15, 0.2) is 11.5 Å². The maximum absolute atomic E-state index is 8.83. The molecule has 1 aromatic carbocycles. The zero-order chi connectivity index (χ0) is 13.1. The molecule has 0 fully saturated rings. The fourth-order valence-electron chi connectivity index (χ4n) is 2.50. The largest absolute Gasteiger partial charge is 0.493 e. The second kappa shape index (κ2) is 5.28. The molecular formula is C14H18N2O2. The van der Waals surface area contributed by atoms with Gasteiger partial charge >= 0.3 is 0 Å². The summed E-state index contributed by atoms with van der Waals surface area (Å²) < 4.78 is 10.7. The number of methoxy groups -OCH3 is 2. The summed E-state index contributed by atoms with van der Waals surface area (Å²) in [6, 6.07) is 6.54. The van der Waals surface area contributed by atoms with Crippen molar-refractivity contribution in [2.24, 2.45) is 0 Å². The Morgan fingerprint density at radius 1 is 1.33 bits per heavy atom. The Balaban J connectivity index is 2.39. The van der Waals surface area contributed by atoms with Gasteiger partial charge < -0.3 is 9.47 Å². The Morgan fingerprint density at radius 3 is 2.61 bits per heavy atom. The van der Waals surface area contributed by atoms with Gasteiger partial charge in [0.2, 0.25) is 0 Å². The lowest BCUT2D eigenvalue weighted by Crippen LogP contribution is -2.34. The lowest BCUT2D eigenvalue weighted by Gasteiger charge is -2.34. The molecule has 1 heterocycles. The number of ether oxygens (including phenoxy) is 2. The van der Waals surface area contributed by atoms with Crippen molar-refractivity contribution in [3.63, 3.8) is 0 Å². The normalized spacial score (nSPS) is 18.9. The van der Waals surface area contributed by atoms with Crippen molar-refractivity contribution in [3.8, 4) is 17.6 Å². The van der Waals surface area contributed by atoms with E-state index in [1.54, 1.807) is 14.2 Å². The van der Waals surface area contributed by atoms with Crippen LogP contribution < -0.4 is 9.47 Å². The monoisotopic (exact) mass is 246 g/mol. The van der Waals surface area contributed by atoms with Gasteiger partial charge in [-0.05, 0) is 36.6 Å². The predicted octanol–water partition coefficient (Wildman–Crippen LogP) is 2.15. The van der Waals surface area contributed by atoms with Gasteiger partial charge in [-0.1, -0.05) is 0 Å². The van der Waals surface area contributed by atoms with E-state index in [2.05, 4.69) is 17.9 Å². The molecule has 2 rings (SSSR count). The molecule has 1 aromatic rings. The molecule has 0 N–H and O–H groups in total. The predicted molar refractivity (Wildman–Crippen MR) is 68.9 cm³/mol. The molecule has 0 radical (unpaired) electrons. The maximum Gasteiger partial charge on any atom is 0.161 e. The molecule has 0 aliphatic carbocycles. The van der Waals surface area contributed by atoms with Gasteiger partial charge in [-0.3, -0.25) is 4.90 Å². The summed E-state index contributed by atoms with van der Waals surface area (Å²) in [5, 5.41) is 8.83. The summed E-state index contributed by atoms with van der Waals surface area (Å²) in [4.78, 5) is 2.17. The van der Waals surface area contributed by atoms with E-state index in [1.165, 1.54) is 11.1 Å². The Kier molecular flexibility index (Phi) is 3.73. The van der Waals surface area contributed by atoms with Gasteiger partial charge in [0.05, 0.1) is 26.8 Å². The Morgan fingerprint density at radius 2 is 2.00 bits per heavy atom. The van der Waals surface area contributed by atoms with Crippen LogP contribution in [0.25, 0.3) is 0 Å². The first-order valence-corrected chi connectivity index (χ1v) is 6.07. The molecular weight excluding hydrogens is 228 g/mol. The number of nitrogens with zero attached hydrogens (tertiary/aromatic N) is 2. The van der Waals surface area contributed by atoms with E-state index in [0.29, 0.717) is 6.54 Å². The van der Waals surface area contributed by atoms with Gasteiger partial charge in [-0.15, -0.1) is 0 Å². The number of hydrogen-bond acceptors (Lipinski definition) is 4. The highest BCUT2D eigenvalue weighted by Gasteiger charge is 2.25. The van der Waals surface area contributed by atoms with Gasteiger partial charge in [-0.2, -0.15) is 5.26 Å². The fourth-order valence-corrected chi connectivity index (χ4v) is 2.50. The Labute approximate surface area is 108 Å². The van der Waals surface area contributed by atoms with Crippen LogP contribution in [-0.4, -0.2) is 32.2 Å². The zero-order valence-electron chi connectivity index (χ0n) is 11.1. The highest BCUT2D eigenvalue weighted by atomic mass is 16.5.